The lowest BCUT2D eigenvalue weighted by Crippen LogP contribution is -2.45. The number of rotatable bonds is 8. The third kappa shape index (κ3) is 6.32. The Morgan fingerprint density at radius 1 is 1.16 bits per heavy atom. The van der Waals surface area contributed by atoms with Crippen LogP contribution in [0.2, 0.25) is 0 Å². The second-order valence-electron chi connectivity index (χ2n) is 5.61. The van der Waals surface area contributed by atoms with Gasteiger partial charge in [-0.15, -0.1) is 0 Å². The van der Waals surface area contributed by atoms with Gasteiger partial charge in [0, 0.05) is 38.8 Å². The summed E-state index contributed by atoms with van der Waals surface area (Å²) in [5.41, 5.74) is 0.0315. The van der Waals surface area contributed by atoms with E-state index in [4.69, 9.17) is 0 Å². The minimum Gasteiger partial charge on any atom is -0.357 e. The smallest absolute Gasteiger partial charge is 0.242 e. The van der Waals surface area contributed by atoms with Crippen molar-refractivity contribution in [2.75, 3.05) is 39.8 Å². The van der Waals surface area contributed by atoms with Crippen molar-refractivity contribution in [1.29, 1.82) is 0 Å². The molecule has 0 fully saturated rings. The summed E-state index contributed by atoms with van der Waals surface area (Å²) in [5.74, 6) is -0.575. The highest BCUT2D eigenvalue weighted by atomic mass is 19.1. The van der Waals surface area contributed by atoms with Crippen LogP contribution in [0.15, 0.2) is 23.2 Å². The lowest BCUT2D eigenvalue weighted by atomic mass is 10.1. The second kappa shape index (κ2) is 10.6. The number of amides is 1. The van der Waals surface area contributed by atoms with Crippen LogP contribution in [0.3, 0.4) is 0 Å². The maximum Gasteiger partial charge on any atom is 0.242 e. The normalized spacial score (nSPS) is 11.4. The predicted molar refractivity (Wildman–Crippen MR) is 96.6 cm³/mol. The lowest BCUT2D eigenvalue weighted by molar-refractivity contribution is -0.131. The number of aliphatic imine (C=N–C) groups is 1. The van der Waals surface area contributed by atoms with Gasteiger partial charge in [0.15, 0.2) is 5.96 Å². The van der Waals surface area contributed by atoms with Gasteiger partial charge >= 0.3 is 0 Å². The highest BCUT2D eigenvalue weighted by Crippen LogP contribution is 2.12. The van der Waals surface area contributed by atoms with Gasteiger partial charge in [-0.25, -0.2) is 8.78 Å². The fourth-order valence-corrected chi connectivity index (χ4v) is 2.47. The quantitative estimate of drug-likeness (QED) is 0.575. The van der Waals surface area contributed by atoms with Crippen LogP contribution in [-0.4, -0.2) is 61.4 Å². The van der Waals surface area contributed by atoms with Crippen LogP contribution < -0.4 is 5.32 Å². The molecule has 1 aromatic carbocycles. The van der Waals surface area contributed by atoms with Crippen LogP contribution >= 0.6 is 0 Å². The number of guanidine groups is 1. The molecule has 0 aliphatic carbocycles. The second-order valence-corrected chi connectivity index (χ2v) is 5.61. The van der Waals surface area contributed by atoms with E-state index >= 15 is 0 Å². The molecule has 0 heterocycles. The number of carbonyl (C=O) groups excluding carboxylic acids is 1. The van der Waals surface area contributed by atoms with Gasteiger partial charge in [-0.1, -0.05) is 6.07 Å². The standard InChI is InChI=1S/C18H28F2N4O/c1-5-21-18(23(4)13-17(25)24(6-2)7-3)22-12-11-14-15(19)9-8-10-16(14)20/h8-10H,5-7,11-13H2,1-4H3,(H,21,22). The molecule has 0 aliphatic rings. The Morgan fingerprint density at radius 2 is 1.76 bits per heavy atom. The summed E-state index contributed by atoms with van der Waals surface area (Å²) in [6.07, 6.45) is 0.158. The number of nitrogens with zero attached hydrogens (tertiary/aromatic N) is 3. The molecule has 1 aromatic rings. The van der Waals surface area contributed by atoms with E-state index in [-0.39, 0.29) is 31.0 Å². The van der Waals surface area contributed by atoms with Gasteiger partial charge in [0.1, 0.15) is 11.6 Å². The summed E-state index contributed by atoms with van der Waals surface area (Å²) in [6.45, 7) is 8.16. The average molecular weight is 354 g/mol. The summed E-state index contributed by atoms with van der Waals surface area (Å²) in [4.78, 5) is 20.1. The molecule has 0 aliphatic heterocycles. The molecular formula is C18H28F2N4O. The molecule has 0 atom stereocenters. The van der Waals surface area contributed by atoms with E-state index in [1.165, 1.54) is 18.2 Å². The summed E-state index contributed by atoms with van der Waals surface area (Å²) < 4.78 is 27.3. The van der Waals surface area contributed by atoms with E-state index in [1.54, 1.807) is 16.8 Å². The van der Waals surface area contributed by atoms with Crippen LogP contribution in [0.4, 0.5) is 8.78 Å². The van der Waals surface area contributed by atoms with Gasteiger partial charge in [-0.3, -0.25) is 9.79 Å². The topological polar surface area (TPSA) is 47.9 Å². The summed E-state index contributed by atoms with van der Waals surface area (Å²) in [6, 6.07) is 3.82. The van der Waals surface area contributed by atoms with Crippen molar-refractivity contribution in [3.63, 3.8) is 0 Å². The fourth-order valence-electron chi connectivity index (χ4n) is 2.47. The number of hydrogen-bond donors (Lipinski definition) is 1. The Kier molecular flexibility index (Phi) is 8.88. The predicted octanol–water partition coefficient (Wildman–Crippen LogP) is 2.27. The third-order valence-corrected chi connectivity index (χ3v) is 3.87. The van der Waals surface area contributed by atoms with Gasteiger partial charge in [-0.2, -0.15) is 0 Å². The first-order valence-electron chi connectivity index (χ1n) is 8.64. The summed E-state index contributed by atoms with van der Waals surface area (Å²) in [5, 5.41) is 3.10. The molecule has 0 bridgehead atoms. The van der Waals surface area contributed by atoms with Crippen LogP contribution in [0, 0.1) is 11.6 Å². The van der Waals surface area contributed by atoms with Crippen LogP contribution in [0.25, 0.3) is 0 Å². The minimum absolute atomic E-state index is 0.0123. The highest BCUT2D eigenvalue weighted by molar-refractivity contribution is 5.86. The molecule has 0 unspecified atom stereocenters. The van der Waals surface area contributed by atoms with Crippen molar-refractivity contribution in [3.8, 4) is 0 Å². The average Bonchev–Trinajstić information content (AvgIpc) is 2.57. The zero-order chi connectivity index (χ0) is 18.8. The van der Waals surface area contributed by atoms with Crippen LogP contribution in [0.5, 0.6) is 0 Å². The SMILES string of the molecule is CCNC(=NCCc1c(F)cccc1F)N(C)CC(=O)N(CC)CC. The summed E-state index contributed by atoms with van der Waals surface area (Å²) in [7, 11) is 1.77. The molecule has 140 valence electrons. The molecular weight excluding hydrogens is 326 g/mol. The van der Waals surface area contributed by atoms with Crippen molar-refractivity contribution >= 4 is 11.9 Å². The largest absolute Gasteiger partial charge is 0.357 e. The number of carbonyl (C=O) groups is 1. The van der Waals surface area contributed by atoms with Gasteiger partial charge in [0.25, 0.3) is 0 Å². The molecule has 1 N–H and O–H groups in total. The molecule has 25 heavy (non-hydrogen) atoms. The molecule has 5 nitrogen and oxygen atoms in total. The van der Waals surface area contributed by atoms with E-state index in [0.29, 0.717) is 25.6 Å². The number of nitrogens with one attached hydrogen (secondary N) is 1. The number of hydrogen-bond acceptors (Lipinski definition) is 2. The van der Waals surface area contributed by atoms with Gasteiger partial charge in [0.05, 0.1) is 6.54 Å². The first-order valence-corrected chi connectivity index (χ1v) is 8.64. The van der Waals surface area contributed by atoms with Gasteiger partial charge in [0.2, 0.25) is 5.91 Å². The first kappa shape index (κ1) is 20.9. The highest BCUT2D eigenvalue weighted by Gasteiger charge is 2.15. The van der Waals surface area contributed by atoms with Crippen molar-refractivity contribution in [1.82, 2.24) is 15.1 Å². The van der Waals surface area contributed by atoms with Crippen molar-refractivity contribution < 1.29 is 13.6 Å². The van der Waals surface area contributed by atoms with Crippen molar-refractivity contribution in [3.05, 3.63) is 35.4 Å². The zero-order valence-corrected chi connectivity index (χ0v) is 15.5. The van der Waals surface area contributed by atoms with Crippen LogP contribution in [-0.2, 0) is 11.2 Å². The molecule has 1 amide bonds. The van der Waals surface area contributed by atoms with Crippen LogP contribution in [0.1, 0.15) is 26.3 Å². The number of likely N-dealkylation sites (N-methyl/N-ethyl adjacent to an activating group) is 2. The Morgan fingerprint density at radius 3 is 2.28 bits per heavy atom. The van der Waals surface area contributed by atoms with Crippen molar-refractivity contribution in [2.45, 2.75) is 27.2 Å². The van der Waals surface area contributed by atoms with E-state index in [2.05, 4.69) is 10.3 Å². The molecule has 0 saturated heterocycles. The molecule has 1 rings (SSSR count). The molecule has 0 saturated carbocycles. The lowest BCUT2D eigenvalue weighted by Gasteiger charge is -2.25. The van der Waals surface area contributed by atoms with E-state index < -0.39 is 11.6 Å². The minimum atomic E-state index is -0.565. The Hall–Kier alpha value is -2.18. The third-order valence-electron chi connectivity index (χ3n) is 3.87. The maximum atomic E-state index is 13.7. The van der Waals surface area contributed by atoms with E-state index in [9.17, 15) is 13.6 Å². The monoisotopic (exact) mass is 354 g/mol. The first-order chi connectivity index (χ1) is 11.9. The molecule has 0 radical (unpaired) electrons. The van der Waals surface area contributed by atoms with E-state index in [1.807, 2.05) is 20.8 Å². The Balaban J connectivity index is 2.74. The fraction of sp³-hybridized carbons (Fsp3) is 0.556. The molecule has 7 heteroatoms. The molecule has 0 spiro atoms. The molecule has 0 aromatic heterocycles. The number of benzene rings is 1. The van der Waals surface area contributed by atoms with Crippen molar-refractivity contribution in [2.24, 2.45) is 4.99 Å². The number of halogens is 2. The van der Waals surface area contributed by atoms with E-state index in [0.717, 1.165) is 0 Å². The summed E-state index contributed by atoms with van der Waals surface area (Å²) >= 11 is 0. The van der Waals surface area contributed by atoms with Gasteiger partial charge < -0.3 is 15.1 Å². The maximum absolute atomic E-state index is 13.7. The van der Waals surface area contributed by atoms with Gasteiger partial charge in [-0.05, 0) is 39.3 Å². The zero-order valence-electron chi connectivity index (χ0n) is 15.5. The Labute approximate surface area is 148 Å². The Bertz CT molecular complexity index is 568.